The van der Waals surface area contributed by atoms with Crippen LogP contribution < -0.4 is 4.57 Å². The van der Waals surface area contributed by atoms with Gasteiger partial charge in [-0.2, -0.15) is 0 Å². The SMILES string of the molecule is CCCCCCCCC[n+]1ccccc1.F[P-](F)(F)(F)(F)F. The minimum atomic E-state index is -10.7. The number of hydrogen-bond donors (Lipinski definition) is 0. The topological polar surface area (TPSA) is 3.88 Å². The standard InChI is InChI=1S/C14H24N.F6P/c1-2-3-4-5-6-7-9-12-15-13-10-8-11-14-15;1-7(2,3,4,5)6/h8,10-11,13-14H,2-7,9,12H2,1H3;/q+1;-1. The third-order valence-electron chi connectivity index (χ3n) is 2.80. The molecule has 0 unspecified atom stereocenters. The number of pyridine rings is 1. The van der Waals surface area contributed by atoms with E-state index < -0.39 is 7.81 Å². The Bertz CT molecular complexity index is 392. The monoisotopic (exact) mass is 351 g/mol. The summed E-state index contributed by atoms with van der Waals surface area (Å²) in [6, 6.07) is 6.27. The summed E-state index contributed by atoms with van der Waals surface area (Å²) in [5.74, 6) is 0. The van der Waals surface area contributed by atoms with E-state index in [9.17, 15) is 25.2 Å². The predicted molar refractivity (Wildman–Crippen MR) is 78.2 cm³/mol. The van der Waals surface area contributed by atoms with Gasteiger partial charge in [0, 0.05) is 18.6 Å². The molecule has 1 aromatic heterocycles. The van der Waals surface area contributed by atoms with Gasteiger partial charge in [0.15, 0.2) is 12.4 Å². The first-order chi connectivity index (χ1) is 9.88. The summed E-state index contributed by atoms with van der Waals surface area (Å²) < 4.78 is 61.5. The number of rotatable bonds is 8. The van der Waals surface area contributed by atoms with Crippen molar-refractivity contribution in [3.63, 3.8) is 0 Å². The molecule has 0 aliphatic rings. The van der Waals surface area contributed by atoms with Crippen molar-refractivity contribution in [2.24, 2.45) is 0 Å². The Balaban J connectivity index is 0.000000534. The molecule has 132 valence electrons. The number of hydrogen-bond acceptors (Lipinski definition) is 0. The van der Waals surface area contributed by atoms with E-state index in [2.05, 4.69) is 42.1 Å². The first kappa shape index (κ1) is 21.2. The Kier molecular flexibility index (Phi) is 7.83. The molecule has 0 bridgehead atoms. The molecule has 0 aromatic carbocycles. The molecule has 1 aromatic rings. The molecule has 0 saturated carbocycles. The van der Waals surface area contributed by atoms with Crippen LogP contribution in [0.5, 0.6) is 0 Å². The fraction of sp³-hybridized carbons (Fsp3) is 0.643. The Labute approximate surface area is 127 Å². The van der Waals surface area contributed by atoms with Gasteiger partial charge in [-0.1, -0.05) is 45.1 Å². The van der Waals surface area contributed by atoms with Crippen LogP contribution >= 0.6 is 7.81 Å². The first-order valence-corrected chi connectivity index (χ1v) is 9.42. The number of aryl methyl sites for hydroxylation is 1. The van der Waals surface area contributed by atoms with Crippen LogP contribution in [0.4, 0.5) is 25.2 Å². The third-order valence-corrected chi connectivity index (χ3v) is 2.80. The quantitative estimate of drug-likeness (QED) is 0.203. The summed E-state index contributed by atoms with van der Waals surface area (Å²) in [6.07, 6.45) is 14.0. The van der Waals surface area contributed by atoms with Crippen LogP contribution in [0.25, 0.3) is 0 Å². The summed E-state index contributed by atoms with van der Waals surface area (Å²) in [6.45, 7) is 3.45. The fourth-order valence-electron chi connectivity index (χ4n) is 1.83. The number of halogens is 6. The summed E-state index contributed by atoms with van der Waals surface area (Å²) in [5.41, 5.74) is 0. The molecule has 0 atom stereocenters. The van der Waals surface area contributed by atoms with Gasteiger partial charge < -0.3 is 0 Å². The number of aromatic nitrogens is 1. The van der Waals surface area contributed by atoms with Crippen molar-refractivity contribution in [2.45, 2.75) is 58.4 Å². The third kappa shape index (κ3) is 24.2. The van der Waals surface area contributed by atoms with Gasteiger partial charge in [-0.25, -0.2) is 4.57 Å². The molecular formula is C14H24F6NP. The molecule has 0 fully saturated rings. The van der Waals surface area contributed by atoms with Crippen molar-refractivity contribution in [1.29, 1.82) is 0 Å². The Morgan fingerprint density at radius 2 is 1.09 bits per heavy atom. The van der Waals surface area contributed by atoms with Gasteiger partial charge in [0.05, 0.1) is 0 Å². The zero-order valence-corrected chi connectivity index (χ0v) is 13.6. The second-order valence-electron chi connectivity index (χ2n) is 5.19. The van der Waals surface area contributed by atoms with Crippen molar-refractivity contribution in [2.75, 3.05) is 0 Å². The molecule has 22 heavy (non-hydrogen) atoms. The molecule has 0 radical (unpaired) electrons. The van der Waals surface area contributed by atoms with Gasteiger partial charge >= 0.3 is 33.0 Å². The fourth-order valence-corrected chi connectivity index (χ4v) is 1.83. The normalized spacial score (nSPS) is 14.5. The summed E-state index contributed by atoms with van der Waals surface area (Å²) >= 11 is 0. The summed E-state index contributed by atoms with van der Waals surface area (Å²) in [4.78, 5) is 0. The average molecular weight is 351 g/mol. The molecule has 0 amide bonds. The van der Waals surface area contributed by atoms with Gasteiger partial charge in [-0.3, -0.25) is 0 Å². The van der Waals surface area contributed by atoms with E-state index in [0.29, 0.717) is 0 Å². The molecule has 1 nitrogen and oxygen atoms in total. The first-order valence-electron chi connectivity index (χ1n) is 7.39. The Morgan fingerprint density at radius 1 is 0.682 bits per heavy atom. The van der Waals surface area contributed by atoms with Gasteiger partial charge in [0.1, 0.15) is 6.54 Å². The molecule has 0 N–H and O–H groups in total. The molecular weight excluding hydrogens is 327 g/mol. The maximum atomic E-state index is 9.87. The Morgan fingerprint density at radius 3 is 1.55 bits per heavy atom. The van der Waals surface area contributed by atoms with Crippen LogP contribution in [0.2, 0.25) is 0 Å². The van der Waals surface area contributed by atoms with Crippen LogP contribution in [0.15, 0.2) is 30.6 Å². The molecule has 1 heterocycles. The van der Waals surface area contributed by atoms with Gasteiger partial charge in [0.25, 0.3) is 0 Å². The van der Waals surface area contributed by atoms with E-state index in [1.54, 1.807) is 0 Å². The van der Waals surface area contributed by atoms with Crippen LogP contribution in [0, 0.1) is 0 Å². The van der Waals surface area contributed by atoms with E-state index in [-0.39, 0.29) is 0 Å². The molecule has 0 aliphatic heterocycles. The predicted octanol–water partition coefficient (Wildman–Crippen LogP) is 7.11. The second kappa shape index (κ2) is 8.14. The van der Waals surface area contributed by atoms with E-state index in [4.69, 9.17) is 0 Å². The van der Waals surface area contributed by atoms with Crippen LogP contribution in [0.1, 0.15) is 51.9 Å². The van der Waals surface area contributed by atoms with Gasteiger partial charge in [0.2, 0.25) is 0 Å². The van der Waals surface area contributed by atoms with Gasteiger partial charge in [-0.05, 0) is 6.42 Å². The zero-order chi connectivity index (χ0) is 17.2. The van der Waals surface area contributed by atoms with Crippen molar-refractivity contribution < 1.29 is 29.7 Å². The molecule has 1 rings (SSSR count). The molecule has 0 spiro atoms. The second-order valence-corrected chi connectivity index (χ2v) is 7.11. The van der Waals surface area contributed by atoms with Crippen molar-refractivity contribution >= 4 is 7.81 Å². The van der Waals surface area contributed by atoms with Crippen LogP contribution in [0.3, 0.4) is 0 Å². The minimum absolute atomic E-state index is 1.18. The zero-order valence-electron chi connectivity index (χ0n) is 12.7. The summed E-state index contributed by atoms with van der Waals surface area (Å²) in [7, 11) is -10.7. The molecule has 0 saturated heterocycles. The van der Waals surface area contributed by atoms with E-state index in [0.717, 1.165) is 0 Å². The van der Waals surface area contributed by atoms with Crippen LogP contribution in [-0.2, 0) is 6.54 Å². The van der Waals surface area contributed by atoms with Crippen LogP contribution in [-0.4, -0.2) is 0 Å². The summed E-state index contributed by atoms with van der Waals surface area (Å²) in [5, 5.41) is 0. The Hall–Kier alpha value is -0.840. The van der Waals surface area contributed by atoms with Crippen molar-refractivity contribution in [1.82, 2.24) is 0 Å². The van der Waals surface area contributed by atoms with E-state index in [1.807, 2.05) is 0 Å². The number of unbranched alkanes of at least 4 members (excludes halogenated alkanes) is 6. The van der Waals surface area contributed by atoms with Crippen molar-refractivity contribution in [3.05, 3.63) is 30.6 Å². The molecule has 0 aliphatic carbocycles. The number of nitrogens with zero attached hydrogens (tertiary/aromatic N) is 1. The van der Waals surface area contributed by atoms with Gasteiger partial charge in [-0.15, -0.1) is 0 Å². The van der Waals surface area contributed by atoms with E-state index in [1.165, 1.54) is 51.5 Å². The molecule has 8 heteroatoms. The van der Waals surface area contributed by atoms with Crippen molar-refractivity contribution in [3.8, 4) is 0 Å². The maximum absolute atomic E-state index is 10.7. The van der Waals surface area contributed by atoms with E-state index >= 15 is 0 Å². The average Bonchev–Trinajstić information content (AvgIpc) is 2.35.